The van der Waals surface area contributed by atoms with Crippen LogP contribution in [0, 0.1) is 23.6 Å². The van der Waals surface area contributed by atoms with Gasteiger partial charge in [-0.2, -0.15) is 0 Å². The Morgan fingerprint density at radius 1 is 1.17 bits per heavy atom. The average molecular weight is 495 g/mol. The number of halogens is 1. The van der Waals surface area contributed by atoms with Crippen molar-refractivity contribution in [1.82, 2.24) is 10.3 Å². The SMILES string of the molecule is COc1ccc(N2CCN(c3cccc(C(=O)N[C@H]4C5CC6CC4C[C@](O)(C6)C5)n3)[C@H](C)C2)cc1F. The van der Waals surface area contributed by atoms with E-state index in [1.807, 2.05) is 18.2 Å². The number of carbonyl (C=O) groups excluding carboxylic acids is 1. The fourth-order valence-electron chi connectivity index (χ4n) is 7.54. The number of amides is 1. The zero-order valence-corrected chi connectivity index (χ0v) is 21.0. The number of aliphatic hydroxyl groups is 1. The third-order valence-corrected chi connectivity index (χ3v) is 8.93. The first-order valence-corrected chi connectivity index (χ1v) is 13.2. The number of aromatic nitrogens is 1. The van der Waals surface area contributed by atoms with E-state index in [9.17, 15) is 14.3 Å². The van der Waals surface area contributed by atoms with Crippen molar-refractivity contribution < 1.29 is 19.0 Å². The first kappa shape index (κ1) is 23.5. The number of anilines is 2. The highest BCUT2D eigenvalue weighted by molar-refractivity contribution is 5.93. The second-order valence-corrected chi connectivity index (χ2v) is 11.4. The van der Waals surface area contributed by atoms with Gasteiger partial charge in [0.1, 0.15) is 11.5 Å². The molecule has 7 rings (SSSR count). The lowest BCUT2D eigenvalue weighted by atomic mass is 9.52. The minimum absolute atomic E-state index is 0.124. The van der Waals surface area contributed by atoms with Crippen LogP contribution >= 0.6 is 0 Å². The molecule has 3 atom stereocenters. The summed E-state index contributed by atoms with van der Waals surface area (Å²) in [4.78, 5) is 22.4. The fourth-order valence-corrected chi connectivity index (χ4v) is 7.54. The normalized spacial score (nSPS) is 33.1. The molecule has 4 aliphatic carbocycles. The lowest BCUT2D eigenvalue weighted by Crippen LogP contribution is -2.61. The number of nitrogens with zero attached hydrogens (tertiary/aromatic N) is 3. The van der Waals surface area contributed by atoms with Crippen LogP contribution in [0.5, 0.6) is 5.75 Å². The van der Waals surface area contributed by atoms with Crippen LogP contribution in [0.3, 0.4) is 0 Å². The Labute approximate surface area is 211 Å². The number of nitrogens with one attached hydrogen (secondary N) is 1. The maximum absolute atomic E-state index is 14.2. The van der Waals surface area contributed by atoms with Crippen molar-refractivity contribution in [2.45, 2.75) is 56.7 Å². The number of hydrogen-bond acceptors (Lipinski definition) is 6. The van der Waals surface area contributed by atoms with Crippen LogP contribution in [0.15, 0.2) is 36.4 Å². The average Bonchev–Trinajstić information content (AvgIpc) is 2.85. The molecule has 192 valence electrons. The molecule has 1 aromatic heterocycles. The van der Waals surface area contributed by atoms with Gasteiger partial charge in [-0.15, -0.1) is 0 Å². The minimum Gasteiger partial charge on any atom is -0.494 e. The number of methoxy groups -OCH3 is 1. The van der Waals surface area contributed by atoms with Crippen LogP contribution in [-0.2, 0) is 0 Å². The van der Waals surface area contributed by atoms with Gasteiger partial charge < -0.3 is 25.0 Å². The Kier molecular flexibility index (Phi) is 5.82. The van der Waals surface area contributed by atoms with Crippen LogP contribution in [-0.4, -0.2) is 60.4 Å². The monoisotopic (exact) mass is 494 g/mol. The second-order valence-electron chi connectivity index (χ2n) is 11.4. The summed E-state index contributed by atoms with van der Waals surface area (Å²) in [5, 5.41) is 14.1. The third kappa shape index (κ3) is 4.19. The lowest BCUT2D eigenvalue weighted by Gasteiger charge is -2.58. The molecule has 2 N–H and O–H groups in total. The largest absolute Gasteiger partial charge is 0.494 e. The molecule has 2 heterocycles. The van der Waals surface area contributed by atoms with Crippen LogP contribution < -0.4 is 19.9 Å². The summed E-state index contributed by atoms with van der Waals surface area (Å²) >= 11 is 0. The standard InChI is InChI=1S/C28H35FN4O3/c1-17-16-32(21-6-7-24(36-2)22(29)12-21)8-9-33(17)25-5-3-4-23(30-25)27(34)31-26-19-10-18-11-20(26)15-28(35,13-18)14-19/h3-7,12,17-20,26,35H,8-11,13-16H2,1-2H3,(H,31,34)/t17-,18?,19?,20?,26-,28-/m1/s1. The van der Waals surface area contributed by atoms with Crippen molar-refractivity contribution in [2.24, 2.45) is 17.8 Å². The number of piperazine rings is 1. The highest BCUT2D eigenvalue weighted by atomic mass is 19.1. The van der Waals surface area contributed by atoms with E-state index >= 15 is 0 Å². The molecule has 2 aromatic rings. The first-order valence-electron chi connectivity index (χ1n) is 13.2. The summed E-state index contributed by atoms with van der Waals surface area (Å²) in [6.45, 7) is 4.29. The Morgan fingerprint density at radius 3 is 2.61 bits per heavy atom. The number of rotatable bonds is 5. The Bertz CT molecular complexity index is 1140. The smallest absolute Gasteiger partial charge is 0.270 e. The molecule has 1 aliphatic heterocycles. The van der Waals surface area contributed by atoms with Crippen LogP contribution in [0.4, 0.5) is 15.9 Å². The second kappa shape index (κ2) is 8.91. The highest BCUT2D eigenvalue weighted by Crippen LogP contribution is 2.55. The van der Waals surface area contributed by atoms with E-state index in [-0.39, 0.29) is 29.6 Å². The van der Waals surface area contributed by atoms with Crippen molar-refractivity contribution >= 4 is 17.4 Å². The van der Waals surface area contributed by atoms with Crippen molar-refractivity contribution in [3.63, 3.8) is 0 Å². The number of ether oxygens (including phenoxy) is 1. The van der Waals surface area contributed by atoms with Gasteiger partial charge in [0.15, 0.2) is 11.6 Å². The highest BCUT2D eigenvalue weighted by Gasteiger charge is 2.55. The molecule has 5 fully saturated rings. The molecule has 1 aromatic carbocycles. The Hall–Kier alpha value is -2.87. The van der Waals surface area contributed by atoms with E-state index in [1.165, 1.54) is 13.2 Å². The van der Waals surface area contributed by atoms with Gasteiger partial charge in [-0.25, -0.2) is 9.37 Å². The van der Waals surface area contributed by atoms with Crippen molar-refractivity contribution in [1.29, 1.82) is 0 Å². The molecule has 1 saturated heterocycles. The molecular formula is C28H35FN4O3. The topological polar surface area (TPSA) is 77.9 Å². The number of benzene rings is 1. The molecule has 0 spiro atoms. The zero-order valence-electron chi connectivity index (χ0n) is 21.0. The third-order valence-electron chi connectivity index (χ3n) is 8.93. The molecule has 0 radical (unpaired) electrons. The van der Waals surface area contributed by atoms with Crippen molar-refractivity contribution in [2.75, 3.05) is 36.5 Å². The van der Waals surface area contributed by atoms with Gasteiger partial charge in [0.25, 0.3) is 5.91 Å². The molecule has 36 heavy (non-hydrogen) atoms. The van der Waals surface area contributed by atoms with Gasteiger partial charge in [-0.05, 0) is 81.0 Å². The molecule has 1 amide bonds. The fraction of sp³-hybridized carbons (Fsp3) is 0.571. The predicted molar refractivity (Wildman–Crippen MR) is 136 cm³/mol. The quantitative estimate of drug-likeness (QED) is 0.661. The summed E-state index contributed by atoms with van der Waals surface area (Å²) in [6, 6.07) is 11.0. The summed E-state index contributed by atoms with van der Waals surface area (Å²) in [5.74, 6) is 1.88. The van der Waals surface area contributed by atoms with Crippen LogP contribution in [0.2, 0.25) is 0 Å². The van der Waals surface area contributed by atoms with E-state index in [0.29, 0.717) is 23.4 Å². The van der Waals surface area contributed by atoms with Gasteiger partial charge in [0.05, 0.1) is 12.7 Å². The number of carbonyl (C=O) groups is 1. The van der Waals surface area contributed by atoms with E-state index in [0.717, 1.165) is 63.2 Å². The molecular weight excluding hydrogens is 459 g/mol. The molecule has 7 nitrogen and oxygen atoms in total. The summed E-state index contributed by atoms with van der Waals surface area (Å²) in [6.07, 6.45) is 4.76. The Balaban J connectivity index is 1.12. The first-order chi connectivity index (χ1) is 17.3. The number of hydrogen-bond donors (Lipinski definition) is 2. The van der Waals surface area contributed by atoms with Gasteiger partial charge >= 0.3 is 0 Å². The summed E-state index contributed by atoms with van der Waals surface area (Å²) < 4.78 is 19.3. The van der Waals surface area contributed by atoms with Gasteiger partial charge in [-0.1, -0.05) is 6.07 Å². The van der Waals surface area contributed by atoms with E-state index in [1.54, 1.807) is 12.1 Å². The molecule has 5 aliphatic rings. The zero-order chi connectivity index (χ0) is 25.0. The molecule has 8 heteroatoms. The van der Waals surface area contributed by atoms with Crippen LogP contribution in [0.1, 0.15) is 49.5 Å². The maximum Gasteiger partial charge on any atom is 0.270 e. The van der Waals surface area contributed by atoms with Gasteiger partial charge in [0.2, 0.25) is 0 Å². The van der Waals surface area contributed by atoms with Gasteiger partial charge in [0, 0.05) is 43.5 Å². The maximum atomic E-state index is 14.2. The number of pyridine rings is 1. The van der Waals surface area contributed by atoms with Crippen molar-refractivity contribution in [3.8, 4) is 5.75 Å². The molecule has 2 unspecified atom stereocenters. The van der Waals surface area contributed by atoms with E-state index in [4.69, 9.17) is 9.72 Å². The predicted octanol–water partition coefficient (Wildman–Crippen LogP) is 3.61. The van der Waals surface area contributed by atoms with Crippen molar-refractivity contribution in [3.05, 3.63) is 47.9 Å². The summed E-state index contributed by atoms with van der Waals surface area (Å²) in [7, 11) is 1.47. The van der Waals surface area contributed by atoms with E-state index in [2.05, 4.69) is 22.0 Å². The van der Waals surface area contributed by atoms with E-state index < -0.39 is 5.60 Å². The van der Waals surface area contributed by atoms with Gasteiger partial charge in [-0.3, -0.25) is 4.79 Å². The summed E-state index contributed by atoms with van der Waals surface area (Å²) in [5.41, 5.74) is 0.763. The lowest BCUT2D eigenvalue weighted by molar-refractivity contribution is -0.136. The minimum atomic E-state index is -0.508. The Morgan fingerprint density at radius 2 is 1.94 bits per heavy atom. The van der Waals surface area contributed by atoms with Crippen LogP contribution in [0.25, 0.3) is 0 Å². The molecule has 4 saturated carbocycles. The molecule has 4 bridgehead atoms.